The third-order valence-corrected chi connectivity index (χ3v) is 2.99. The van der Waals surface area contributed by atoms with Crippen LogP contribution >= 0.6 is 0 Å². The van der Waals surface area contributed by atoms with E-state index in [4.69, 9.17) is 0 Å². The molecule has 0 N–H and O–H groups in total. The Morgan fingerprint density at radius 2 is 2.20 bits per heavy atom. The van der Waals surface area contributed by atoms with Gasteiger partial charge in [-0.25, -0.2) is 4.98 Å². The van der Waals surface area contributed by atoms with Crippen LogP contribution in [0.2, 0.25) is 0 Å². The SMILES string of the molecule is Cc1ccc2nc3c(c(=O)n2c1)CCC3. The summed E-state index contributed by atoms with van der Waals surface area (Å²) in [4.78, 5) is 16.6. The Morgan fingerprint density at radius 3 is 3.07 bits per heavy atom. The highest BCUT2D eigenvalue weighted by molar-refractivity contribution is 5.43. The lowest BCUT2D eigenvalue weighted by Crippen LogP contribution is -2.19. The summed E-state index contributed by atoms with van der Waals surface area (Å²) in [5.41, 5.74) is 3.90. The summed E-state index contributed by atoms with van der Waals surface area (Å²) in [6, 6.07) is 3.90. The van der Waals surface area contributed by atoms with Crippen LogP contribution in [0.5, 0.6) is 0 Å². The minimum atomic E-state index is 0.121. The molecule has 2 aromatic heterocycles. The van der Waals surface area contributed by atoms with Crippen LogP contribution < -0.4 is 5.56 Å². The molecule has 2 aromatic rings. The van der Waals surface area contributed by atoms with Crippen molar-refractivity contribution >= 4 is 5.65 Å². The van der Waals surface area contributed by atoms with Gasteiger partial charge in [0.2, 0.25) is 0 Å². The fraction of sp³-hybridized carbons (Fsp3) is 0.333. The van der Waals surface area contributed by atoms with Gasteiger partial charge in [-0.05, 0) is 37.8 Å². The molecule has 3 rings (SSSR count). The van der Waals surface area contributed by atoms with Crippen molar-refractivity contribution in [1.29, 1.82) is 0 Å². The normalized spacial score (nSPS) is 14.5. The van der Waals surface area contributed by atoms with Crippen molar-refractivity contribution in [1.82, 2.24) is 9.38 Å². The van der Waals surface area contributed by atoms with Crippen LogP contribution in [0.3, 0.4) is 0 Å². The van der Waals surface area contributed by atoms with Crippen molar-refractivity contribution < 1.29 is 0 Å². The van der Waals surface area contributed by atoms with Crippen molar-refractivity contribution in [3.05, 3.63) is 45.5 Å². The average Bonchev–Trinajstić information content (AvgIpc) is 2.68. The Balaban J connectivity index is 2.47. The highest BCUT2D eigenvalue weighted by Gasteiger charge is 2.17. The zero-order valence-corrected chi connectivity index (χ0v) is 8.66. The topological polar surface area (TPSA) is 34.4 Å². The van der Waals surface area contributed by atoms with Crippen LogP contribution in [-0.2, 0) is 12.8 Å². The molecule has 0 saturated heterocycles. The van der Waals surface area contributed by atoms with Gasteiger partial charge in [0.15, 0.2) is 0 Å². The van der Waals surface area contributed by atoms with E-state index in [1.807, 2.05) is 25.3 Å². The van der Waals surface area contributed by atoms with E-state index in [2.05, 4.69) is 4.98 Å². The molecule has 76 valence electrons. The lowest BCUT2D eigenvalue weighted by atomic mass is 10.2. The molecule has 1 aliphatic carbocycles. The Hall–Kier alpha value is -1.64. The molecule has 0 radical (unpaired) electrons. The lowest BCUT2D eigenvalue weighted by Gasteiger charge is -2.04. The highest BCUT2D eigenvalue weighted by atomic mass is 16.1. The first-order chi connectivity index (χ1) is 7.25. The molecule has 0 spiro atoms. The maximum Gasteiger partial charge on any atom is 0.261 e. The summed E-state index contributed by atoms with van der Waals surface area (Å²) in [6.45, 7) is 1.99. The van der Waals surface area contributed by atoms with Crippen molar-refractivity contribution in [2.45, 2.75) is 26.2 Å². The Labute approximate surface area is 87.4 Å². The molecule has 1 aliphatic rings. The van der Waals surface area contributed by atoms with Gasteiger partial charge in [0.05, 0.1) is 5.69 Å². The molecule has 3 heteroatoms. The van der Waals surface area contributed by atoms with Crippen LogP contribution in [-0.4, -0.2) is 9.38 Å². The lowest BCUT2D eigenvalue weighted by molar-refractivity contribution is 0.899. The monoisotopic (exact) mass is 200 g/mol. The summed E-state index contributed by atoms with van der Waals surface area (Å²) in [5.74, 6) is 0. The van der Waals surface area contributed by atoms with E-state index in [9.17, 15) is 4.79 Å². The minimum Gasteiger partial charge on any atom is -0.269 e. The number of pyridine rings is 1. The van der Waals surface area contributed by atoms with Crippen LogP contribution in [0.15, 0.2) is 23.1 Å². The largest absolute Gasteiger partial charge is 0.269 e. The van der Waals surface area contributed by atoms with Crippen LogP contribution in [0.4, 0.5) is 0 Å². The second kappa shape index (κ2) is 2.92. The average molecular weight is 200 g/mol. The number of rotatable bonds is 0. The zero-order valence-electron chi connectivity index (χ0n) is 8.66. The van der Waals surface area contributed by atoms with E-state index >= 15 is 0 Å². The first kappa shape index (κ1) is 8.65. The van der Waals surface area contributed by atoms with Crippen LogP contribution in [0.25, 0.3) is 5.65 Å². The molecule has 0 aliphatic heterocycles. The number of fused-ring (bicyclic) bond motifs is 2. The minimum absolute atomic E-state index is 0.121. The van der Waals surface area contributed by atoms with Crippen molar-refractivity contribution in [2.75, 3.05) is 0 Å². The second-order valence-electron chi connectivity index (χ2n) is 4.13. The molecule has 0 atom stereocenters. The summed E-state index contributed by atoms with van der Waals surface area (Å²) >= 11 is 0. The van der Waals surface area contributed by atoms with Gasteiger partial charge in [-0.15, -0.1) is 0 Å². The number of aromatic nitrogens is 2. The van der Waals surface area contributed by atoms with Gasteiger partial charge in [0.25, 0.3) is 5.56 Å². The van der Waals surface area contributed by atoms with Gasteiger partial charge in [-0.2, -0.15) is 0 Å². The van der Waals surface area contributed by atoms with Crippen LogP contribution in [0.1, 0.15) is 23.2 Å². The van der Waals surface area contributed by atoms with E-state index in [-0.39, 0.29) is 5.56 Å². The number of aryl methyl sites for hydroxylation is 2. The molecular weight excluding hydrogens is 188 g/mol. The van der Waals surface area contributed by atoms with E-state index in [0.717, 1.165) is 41.7 Å². The molecule has 2 heterocycles. The van der Waals surface area contributed by atoms with Gasteiger partial charge in [-0.1, -0.05) is 6.07 Å². The quantitative estimate of drug-likeness (QED) is 0.645. The molecule has 15 heavy (non-hydrogen) atoms. The molecule has 0 unspecified atom stereocenters. The smallest absolute Gasteiger partial charge is 0.261 e. The summed E-state index contributed by atoms with van der Waals surface area (Å²) in [5, 5.41) is 0. The van der Waals surface area contributed by atoms with Gasteiger partial charge in [0.1, 0.15) is 5.65 Å². The van der Waals surface area contributed by atoms with E-state index in [1.54, 1.807) is 4.40 Å². The van der Waals surface area contributed by atoms with Gasteiger partial charge < -0.3 is 0 Å². The number of nitrogens with zero attached hydrogens (tertiary/aromatic N) is 2. The van der Waals surface area contributed by atoms with Gasteiger partial charge in [0, 0.05) is 11.8 Å². The Morgan fingerprint density at radius 1 is 1.33 bits per heavy atom. The maximum absolute atomic E-state index is 12.1. The summed E-state index contributed by atoms with van der Waals surface area (Å²) in [6.07, 6.45) is 4.77. The summed E-state index contributed by atoms with van der Waals surface area (Å²) < 4.78 is 1.67. The zero-order chi connectivity index (χ0) is 10.4. The first-order valence-electron chi connectivity index (χ1n) is 5.26. The third-order valence-electron chi connectivity index (χ3n) is 2.99. The van der Waals surface area contributed by atoms with Gasteiger partial charge >= 0.3 is 0 Å². The number of hydrogen-bond donors (Lipinski definition) is 0. The molecule has 0 fully saturated rings. The fourth-order valence-corrected chi connectivity index (χ4v) is 2.22. The fourth-order valence-electron chi connectivity index (χ4n) is 2.22. The molecule has 0 saturated carbocycles. The predicted octanol–water partition coefficient (Wildman–Crippen LogP) is 1.49. The Bertz CT molecular complexity index is 598. The van der Waals surface area contributed by atoms with Crippen molar-refractivity contribution in [3.8, 4) is 0 Å². The second-order valence-corrected chi connectivity index (χ2v) is 4.13. The highest BCUT2D eigenvalue weighted by Crippen LogP contribution is 2.17. The molecular formula is C12H12N2O. The first-order valence-corrected chi connectivity index (χ1v) is 5.26. The standard InChI is InChI=1S/C12H12N2O/c1-8-5-6-11-13-10-4-2-3-9(10)12(15)14(11)7-8/h5-7H,2-4H2,1H3. The van der Waals surface area contributed by atoms with Crippen molar-refractivity contribution in [3.63, 3.8) is 0 Å². The molecule has 0 aromatic carbocycles. The van der Waals surface area contributed by atoms with E-state index in [1.165, 1.54) is 0 Å². The third kappa shape index (κ3) is 1.19. The number of hydrogen-bond acceptors (Lipinski definition) is 2. The molecule has 0 bridgehead atoms. The molecule has 0 amide bonds. The van der Waals surface area contributed by atoms with Gasteiger partial charge in [-0.3, -0.25) is 9.20 Å². The predicted molar refractivity (Wildman–Crippen MR) is 58.2 cm³/mol. The maximum atomic E-state index is 12.1. The van der Waals surface area contributed by atoms with E-state index < -0.39 is 0 Å². The van der Waals surface area contributed by atoms with Crippen LogP contribution in [0, 0.1) is 6.92 Å². The van der Waals surface area contributed by atoms with E-state index in [0.29, 0.717) is 0 Å². The molecule has 3 nitrogen and oxygen atoms in total. The Kier molecular flexibility index (Phi) is 1.69. The summed E-state index contributed by atoms with van der Waals surface area (Å²) in [7, 11) is 0. The van der Waals surface area contributed by atoms with Crippen molar-refractivity contribution in [2.24, 2.45) is 0 Å².